The summed E-state index contributed by atoms with van der Waals surface area (Å²) in [7, 11) is 0. The Morgan fingerprint density at radius 3 is 3.14 bits per heavy atom. The van der Waals surface area contributed by atoms with Crippen LogP contribution >= 0.6 is 0 Å². The number of fused-ring (bicyclic) bond motifs is 1. The first-order chi connectivity index (χ1) is 10.9. The van der Waals surface area contributed by atoms with E-state index in [4.69, 9.17) is 4.98 Å². The van der Waals surface area contributed by atoms with E-state index in [1.54, 1.807) is 0 Å². The van der Waals surface area contributed by atoms with Crippen LogP contribution in [0.4, 0.5) is 0 Å². The maximum atomic E-state index is 4.93. The normalized spacial score (nSPS) is 26.2. The number of aromatic nitrogens is 3. The third kappa shape index (κ3) is 2.42. The van der Waals surface area contributed by atoms with Gasteiger partial charge in [-0.25, -0.2) is 9.97 Å². The maximum absolute atomic E-state index is 4.93. The molecule has 0 aromatic carbocycles. The molecule has 5 nitrogen and oxygen atoms in total. The van der Waals surface area contributed by atoms with Crippen molar-refractivity contribution in [2.75, 3.05) is 26.2 Å². The van der Waals surface area contributed by atoms with Crippen molar-refractivity contribution in [2.45, 2.75) is 44.7 Å². The summed E-state index contributed by atoms with van der Waals surface area (Å²) in [5, 5.41) is 3.47. The number of hydrogen-bond donors (Lipinski definition) is 1. The summed E-state index contributed by atoms with van der Waals surface area (Å²) in [4.78, 5) is 12.2. The molecule has 2 fully saturated rings. The minimum absolute atomic E-state index is 0.533. The molecule has 0 amide bonds. The van der Waals surface area contributed by atoms with Crippen LogP contribution in [0.15, 0.2) is 18.3 Å². The number of nitrogens with zero attached hydrogens (tertiary/aromatic N) is 4. The van der Waals surface area contributed by atoms with Gasteiger partial charge in [-0.1, -0.05) is 6.92 Å². The van der Waals surface area contributed by atoms with Crippen molar-refractivity contribution >= 4 is 11.2 Å². The Morgan fingerprint density at radius 1 is 1.36 bits per heavy atom. The molecule has 2 aromatic rings. The SMILES string of the molecule is CCN1CCCC1Cn1c(C2CCNC2)nc2cccnc21. The summed E-state index contributed by atoms with van der Waals surface area (Å²) in [5.74, 6) is 1.77. The van der Waals surface area contributed by atoms with E-state index in [9.17, 15) is 0 Å². The molecular formula is C17H25N5. The smallest absolute Gasteiger partial charge is 0.160 e. The average Bonchev–Trinajstić information content (AvgIpc) is 3.27. The topological polar surface area (TPSA) is 46.0 Å². The molecule has 1 N–H and O–H groups in total. The highest BCUT2D eigenvalue weighted by molar-refractivity contribution is 5.71. The predicted octanol–water partition coefficient (Wildman–Crippen LogP) is 1.99. The van der Waals surface area contributed by atoms with Crippen molar-refractivity contribution in [3.05, 3.63) is 24.2 Å². The van der Waals surface area contributed by atoms with E-state index in [0.717, 1.165) is 37.3 Å². The number of hydrogen-bond acceptors (Lipinski definition) is 4. The molecule has 2 aliphatic heterocycles. The van der Waals surface area contributed by atoms with E-state index >= 15 is 0 Å². The Hall–Kier alpha value is -1.46. The monoisotopic (exact) mass is 299 g/mol. The lowest BCUT2D eigenvalue weighted by molar-refractivity contribution is 0.243. The summed E-state index contributed by atoms with van der Waals surface area (Å²) in [6.07, 6.45) is 5.69. The minimum atomic E-state index is 0.533. The molecule has 5 heteroatoms. The third-order valence-corrected chi connectivity index (χ3v) is 5.26. The number of nitrogens with one attached hydrogen (secondary N) is 1. The molecule has 22 heavy (non-hydrogen) atoms. The minimum Gasteiger partial charge on any atom is -0.316 e. The Bertz CT molecular complexity index is 644. The summed E-state index contributed by atoms with van der Waals surface area (Å²) in [6, 6.07) is 4.72. The van der Waals surface area contributed by atoms with Crippen LogP contribution in [0.1, 0.15) is 37.9 Å². The largest absolute Gasteiger partial charge is 0.316 e. The molecule has 2 aromatic heterocycles. The predicted molar refractivity (Wildman–Crippen MR) is 88.0 cm³/mol. The number of rotatable bonds is 4. The van der Waals surface area contributed by atoms with Gasteiger partial charge in [-0.3, -0.25) is 4.90 Å². The molecule has 118 valence electrons. The second-order valence-electron chi connectivity index (χ2n) is 6.54. The van der Waals surface area contributed by atoms with Crippen molar-refractivity contribution in [1.29, 1.82) is 0 Å². The third-order valence-electron chi connectivity index (χ3n) is 5.26. The molecule has 0 aliphatic carbocycles. The summed E-state index contributed by atoms with van der Waals surface area (Å²) in [6.45, 7) is 7.83. The van der Waals surface area contributed by atoms with Crippen molar-refractivity contribution in [1.82, 2.24) is 24.8 Å². The zero-order valence-electron chi connectivity index (χ0n) is 13.3. The van der Waals surface area contributed by atoms with Gasteiger partial charge in [0.2, 0.25) is 0 Å². The first kappa shape index (κ1) is 14.2. The quantitative estimate of drug-likeness (QED) is 0.938. The van der Waals surface area contributed by atoms with E-state index in [-0.39, 0.29) is 0 Å². The van der Waals surface area contributed by atoms with Crippen LogP contribution in [-0.4, -0.2) is 51.7 Å². The lowest BCUT2D eigenvalue weighted by atomic mass is 10.1. The summed E-state index contributed by atoms with van der Waals surface area (Å²) < 4.78 is 2.41. The van der Waals surface area contributed by atoms with Crippen molar-refractivity contribution < 1.29 is 0 Å². The fourth-order valence-electron chi connectivity index (χ4n) is 4.07. The molecule has 0 saturated carbocycles. The molecule has 2 unspecified atom stereocenters. The van der Waals surface area contributed by atoms with E-state index in [0.29, 0.717) is 12.0 Å². The van der Waals surface area contributed by atoms with Crippen LogP contribution in [-0.2, 0) is 6.54 Å². The van der Waals surface area contributed by atoms with Crippen molar-refractivity contribution in [3.8, 4) is 0 Å². The van der Waals surface area contributed by atoms with Gasteiger partial charge in [0.1, 0.15) is 11.3 Å². The Labute approximate surface area is 131 Å². The van der Waals surface area contributed by atoms with Gasteiger partial charge >= 0.3 is 0 Å². The second-order valence-corrected chi connectivity index (χ2v) is 6.54. The van der Waals surface area contributed by atoms with Gasteiger partial charge in [0.25, 0.3) is 0 Å². The van der Waals surface area contributed by atoms with Gasteiger partial charge < -0.3 is 9.88 Å². The number of likely N-dealkylation sites (N-methyl/N-ethyl adjacent to an activating group) is 1. The summed E-state index contributed by atoms with van der Waals surface area (Å²) in [5.41, 5.74) is 2.11. The zero-order chi connectivity index (χ0) is 14.9. The lowest BCUT2D eigenvalue weighted by Crippen LogP contribution is -2.33. The van der Waals surface area contributed by atoms with Crippen molar-refractivity contribution in [3.63, 3.8) is 0 Å². The number of likely N-dealkylation sites (tertiary alicyclic amines) is 1. The highest BCUT2D eigenvalue weighted by Gasteiger charge is 2.28. The average molecular weight is 299 g/mol. The second kappa shape index (κ2) is 5.97. The van der Waals surface area contributed by atoms with Crippen LogP contribution in [0.25, 0.3) is 11.2 Å². The van der Waals surface area contributed by atoms with Gasteiger partial charge in [0, 0.05) is 31.2 Å². The lowest BCUT2D eigenvalue weighted by Gasteiger charge is -2.24. The molecule has 2 atom stereocenters. The van der Waals surface area contributed by atoms with Crippen LogP contribution in [0.5, 0.6) is 0 Å². The van der Waals surface area contributed by atoms with Gasteiger partial charge in [-0.2, -0.15) is 0 Å². The number of pyridine rings is 1. The van der Waals surface area contributed by atoms with E-state index < -0.39 is 0 Å². The Morgan fingerprint density at radius 2 is 2.32 bits per heavy atom. The molecular weight excluding hydrogens is 274 g/mol. The molecule has 0 spiro atoms. The Kier molecular flexibility index (Phi) is 3.84. The van der Waals surface area contributed by atoms with Crippen LogP contribution < -0.4 is 5.32 Å². The first-order valence-electron chi connectivity index (χ1n) is 8.62. The van der Waals surface area contributed by atoms with Crippen LogP contribution in [0, 0.1) is 0 Å². The number of imidazole rings is 1. The Balaban J connectivity index is 1.72. The van der Waals surface area contributed by atoms with Gasteiger partial charge in [0.05, 0.1) is 0 Å². The van der Waals surface area contributed by atoms with Gasteiger partial charge in [-0.05, 0) is 51.0 Å². The standard InChI is InChI=1S/C17H25N5/c1-2-21-10-4-5-14(21)12-22-16(13-7-9-18-11-13)20-15-6-3-8-19-17(15)22/h3,6,8,13-14,18H,2,4-5,7,9-12H2,1H3. The molecule has 2 aliphatic rings. The first-order valence-corrected chi connectivity index (χ1v) is 8.62. The molecule has 2 saturated heterocycles. The molecule has 4 rings (SSSR count). The molecule has 4 heterocycles. The fourth-order valence-corrected chi connectivity index (χ4v) is 4.07. The summed E-state index contributed by atoms with van der Waals surface area (Å²) >= 11 is 0. The van der Waals surface area contributed by atoms with Crippen LogP contribution in [0.2, 0.25) is 0 Å². The van der Waals surface area contributed by atoms with Gasteiger partial charge in [0.15, 0.2) is 5.65 Å². The zero-order valence-corrected chi connectivity index (χ0v) is 13.3. The molecule has 0 bridgehead atoms. The van der Waals surface area contributed by atoms with Crippen LogP contribution in [0.3, 0.4) is 0 Å². The maximum Gasteiger partial charge on any atom is 0.160 e. The van der Waals surface area contributed by atoms with Gasteiger partial charge in [-0.15, -0.1) is 0 Å². The highest BCUT2D eigenvalue weighted by atomic mass is 15.2. The van der Waals surface area contributed by atoms with E-state index in [1.807, 2.05) is 12.3 Å². The van der Waals surface area contributed by atoms with Crippen molar-refractivity contribution in [2.24, 2.45) is 0 Å². The highest BCUT2D eigenvalue weighted by Crippen LogP contribution is 2.27. The van der Waals surface area contributed by atoms with E-state index in [1.165, 1.54) is 31.6 Å². The molecule has 0 radical (unpaired) electrons. The van der Waals surface area contributed by atoms with E-state index in [2.05, 4.69) is 32.8 Å². The fraction of sp³-hybridized carbons (Fsp3) is 0.647.